The van der Waals surface area contributed by atoms with Gasteiger partial charge in [0.05, 0.1) is 0 Å². The van der Waals surface area contributed by atoms with Gasteiger partial charge in [-0.25, -0.2) is 0 Å². The van der Waals surface area contributed by atoms with Crippen LogP contribution in [0.2, 0.25) is 0 Å². The summed E-state index contributed by atoms with van der Waals surface area (Å²) in [7, 11) is -4.36. The predicted molar refractivity (Wildman–Crippen MR) is 74.0 cm³/mol. The van der Waals surface area contributed by atoms with Gasteiger partial charge < -0.3 is 5.11 Å². The molecule has 2 N–H and O–H groups in total. The van der Waals surface area contributed by atoms with Gasteiger partial charge in [0.1, 0.15) is 0 Å². The minimum absolute atomic E-state index is 0.0301. The van der Waals surface area contributed by atoms with Gasteiger partial charge in [-0.3, -0.25) is 4.55 Å². The van der Waals surface area contributed by atoms with Crippen LogP contribution in [0.1, 0.15) is 78.1 Å². The molecule has 0 aliphatic heterocycles. The fraction of sp³-hybridized carbons (Fsp3) is 1.00. The van der Waals surface area contributed by atoms with E-state index >= 15 is 0 Å². The minimum atomic E-state index is -4.36. The highest BCUT2D eigenvalue weighted by Gasteiger charge is 2.37. The molecule has 0 heterocycles. The molecule has 1 unspecified atom stereocenters. The standard InChI is InChI=1S/C13H28O4S/c1-3-5-6-7-8-9-10-11-12-13(14,4-2)18(15,16)17/h14H,3-12H2,1-2H3,(H,15,16,17). The number of hydrogen-bond acceptors (Lipinski definition) is 3. The third kappa shape index (κ3) is 6.71. The van der Waals surface area contributed by atoms with Crippen LogP contribution in [0, 0.1) is 0 Å². The van der Waals surface area contributed by atoms with Gasteiger partial charge in [-0.15, -0.1) is 0 Å². The monoisotopic (exact) mass is 280 g/mol. The Labute approximate surface area is 112 Å². The van der Waals surface area contributed by atoms with Crippen LogP contribution in [0.15, 0.2) is 0 Å². The Kier molecular flexibility index (Phi) is 8.82. The Hall–Kier alpha value is -0.130. The molecule has 0 spiro atoms. The fourth-order valence-corrected chi connectivity index (χ4v) is 2.79. The highest BCUT2D eigenvalue weighted by Crippen LogP contribution is 2.24. The molecule has 0 amide bonds. The van der Waals surface area contributed by atoms with E-state index in [1.807, 2.05) is 0 Å². The second-order valence-corrected chi connectivity index (χ2v) is 6.71. The van der Waals surface area contributed by atoms with E-state index in [4.69, 9.17) is 4.55 Å². The second kappa shape index (κ2) is 8.88. The third-order valence-corrected chi connectivity index (χ3v) is 4.91. The van der Waals surface area contributed by atoms with E-state index in [1.165, 1.54) is 25.7 Å². The molecule has 0 radical (unpaired) electrons. The van der Waals surface area contributed by atoms with E-state index in [0.717, 1.165) is 19.3 Å². The summed E-state index contributed by atoms with van der Waals surface area (Å²) >= 11 is 0. The first kappa shape index (κ1) is 17.9. The van der Waals surface area contributed by atoms with Crippen LogP contribution in [-0.4, -0.2) is 23.0 Å². The molecule has 0 aliphatic carbocycles. The number of hydrogen-bond donors (Lipinski definition) is 2. The van der Waals surface area contributed by atoms with Gasteiger partial charge in [0, 0.05) is 0 Å². The van der Waals surface area contributed by atoms with Crippen molar-refractivity contribution in [3.8, 4) is 0 Å². The first-order valence-corrected chi connectivity index (χ1v) is 8.51. The molecule has 0 fully saturated rings. The highest BCUT2D eigenvalue weighted by atomic mass is 32.2. The maximum atomic E-state index is 11.0. The van der Waals surface area contributed by atoms with Gasteiger partial charge >= 0.3 is 0 Å². The van der Waals surface area contributed by atoms with Crippen LogP contribution >= 0.6 is 0 Å². The van der Waals surface area contributed by atoms with Gasteiger partial charge in [0.25, 0.3) is 10.1 Å². The number of aliphatic hydroxyl groups is 1. The highest BCUT2D eigenvalue weighted by molar-refractivity contribution is 7.87. The summed E-state index contributed by atoms with van der Waals surface area (Å²) in [5.74, 6) is 0. The van der Waals surface area contributed by atoms with Gasteiger partial charge in [-0.1, -0.05) is 58.8 Å². The van der Waals surface area contributed by atoms with Crippen LogP contribution in [0.5, 0.6) is 0 Å². The molecule has 0 rings (SSSR count). The fourth-order valence-electron chi connectivity index (χ4n) is 2.02. The van der Waals surface area contributed by atoms with Crippen molar-refractivity contribution < 1.29 is 18.1 Å². The molecule has 5 heteroatoms. The van der Waals surface area contributed by atoms with Crippen LogP contribution in [0.3, 0.4) is 0 Å². The molecule has 0 aliphatic rings. The topological polar surface area (TPSA) is 74.6 Å². The van der Waals surface area contributed by atoms with Crippen LogP contribution in [0.25, 0.3) is 0 Å². The van der Waals surface area contributed by atoms with Crippen molar-refractivity contribution >= 4 is 10.1 Å². The zero-order valence-corrected chi connectivity index (χ0v) is 12.5. The summed E-state index contributed by atoms with van der Waals surface area (Å²) in [6.07, 6.45) is 8.92. The predicted octanol–water partition coefficient (Wildman–Crippen LogP) is 3.50. The van der Waals surface area contributed by atoms with Crippen molar-refractivity contribution in [1.82, 2.24) is 0 Å². The zero-order valence-electron chi connectivity index (χ0n) is 11.7. The van der Waals surface area contributed by atoms with Gasteiger partial charge in [0.2, 0.25) is 0 Å². The van der Waals surface area contributed by atoms with Crippen LogP contribution < -0.4 is 0 Å². The lowest BCUT2D eigenvalue weighted by molar-refractivity contribution is 0.0965. The Balaban J connectivity index is 3.71. The molecule has 0 aromatic carbocycles. The molecule has 0 saturated heterocycles. The van der Waals surface area contributed by atoms with Crippen LogP contribution in [0.4, 0.5) is 0 Å². The maximum absolute atomic E-state index is 11.0. The smallest absolute Gasteiger partial charge is 0.294 e. The molecule has 0 bridgehead atoms. The van der Waals surface area contributed by atoms with Crippen molar-refractivity contribution in [2.45, 2.75) is 83.0 Å². The molecule has 4 nitrogen and oxygen atoms in total. The average Bonchev–Trinajstić information content (AvgIpc) is 2.30. The SMILES string of the molecule is CCCCCCCCCCC(O)(CC)S(=O)(=O)O. The van der Waals surface area contributed by atoms with Gasteiger partial charge in [0.15, 0.2) is 4.93 Å². The van der Waals surface area contributed by atoms with E-state index < -0.39 is 15.1 Å². The molecule has 0 aromatic heterocycles. The number of unbranched alkanes of at least 4 members (excludes halogenated alkanes) is 7. The summed E-state index contributed by atoms with van der Waals surface area (Å²) < 4.78 is 31.0. The normalized spacial score (nSPS) is 15.6. The summed E-state index contributed by atoms with van der Waals surface area (Å²) in [6.45, 7) is 3.75. The minimum Gasteiger partial charge on any atom is -0.372 e. The first-order chi connectivity index (χ1) is 8.37. The summed E-state index contributed by atoms with van der Waals surface area (Å²) in [4.78, 5) is -1.95. The Morgan fingerprint density at radius 3 is 1.72 bits per heavy atom. The molecular formula is C13H28O4S. The summed E-state index contributed by atoms with van der Waals surface area (Å²) in [6, 6.07) is 0. The van der Waals surface area contributed by atoms with E-state index in [1.54, 1.807) is 6.92 Å². The van der Waals surface area contributed by atoms with Crippen molar-refractivity contribution in [3.05, 3.63) is 0 Å². The molecule has 110 valence electrons. The Morgan fingerprint density at radius 2 is 1.33 bits per heavy atom. The van der Waals surface area contributed by atoms with E-state index in [-0.39, 0.29) is 12.8 Å². The molecule has 0 saturated carbocycles. The molecular weight excluding hydrogens is 252 g/mol. The van der Waals surface area contributed by atoms with Crippen LogP contribution in [-0.2, 0) is 10.1 Å². The van der Waals surface area contributed by atoms with Gasteiger partial charge in [-0.2, -0.15) is 8.42 Å². The third-order valence-electron chi connectivity index (χ3n) is 3.45. The van der Waals surface area contributed by atoms with E-state index in [2.05, 4.69) is 6.92 Å². The van der Waals surface area contributed by atoms with Crippen molar-refractivity contribution in [2.75, 3.05) is 0 Å². The lowest BCUT2D eigenvalue weighted by atomic mass is 10.0. The Morgan fingerprint density at radius 1 is 0.889 bits per heavy atom. The number of rotatable bonds is 11. The molecule has 1 atom stereocenters. The average molecular weight is 280 g/mol. The molecule has 0 aromatic rings. The van der Waals surface area contributed by atoms with Gasteiger partial charge in [-0.05, 0) is 19.3 Å². The lowest BCUT2D eigenvalue weighted by Gasteiger charge is -2.22. The zero-order chi connectivity index (χ0) is 14.1. The summed E-state index contributed by atoms with van der Waals surface area (Å²) in [5, 5.41) is 9.79. The van der Waals surface area contributed by atoms with Crippen molar-refractivity contribution in [3.63, 3.8) is 0 Å². The van der Waals surface area contributed by atoms with Crippen molar-refractivity contribution in [2.24, 2.45) is 0 Å². The maximum Gasteiger partial charge on any atom is 0.294 e. The Bertz CT molecular complexity index is 300. The summed E-state index contributed by atoms with van der Waals surface area (Å²) in [5.41, 5.74) is 0. The quantitative estimate of drug-likeness (QED) is 0.448. The lowest BCUT2D eigenvalue weighted by Crippen LogP contribution is -2.37. The first-order valence-electron chi connectivity index (χ1n) is 7.06. The van der Waals surface area contributed by atoms with Crippen molar-refractivity contribution in [1.29, 1.82) is 0 Å². The molecule has 18 heavy (non-hydrogen) atoms. The van der Waals surface area contributed by atoms with E-state index in [9.17, 15) is 13.5 Å². The second-order valence-electron chi connectivity index (χ2n) is 5.00. The van der Waals surface area contributed by atoms with E-state index in [0.29, 0.717) is 6.42 Å². The largest absolute Gasteiger partial charge is 0.372 e.